The highest BCUT2D eigenvalue weighted by molar-refractivity contribution is 6.13. The van der Waals surface area contributed by atoms with E-state index in [4.69, 9.17) is 8.94 Å². The maximum absolute atomic E-state index is 13.1. The molecule has 144 valence electrons. The van der Waals surface area contributed by atoms with Crippen LogP contribution in [0.2, 0.25) is 0 Å². The van der Waals surface area contributed by atoms with Crippen LogP contribution >= 0.6 is 0 Å². The number of pyridine rings is 2. The number of fused-ring (bicyclic) bond motifs is 2. The summed E-state index contributed by atoms with van der Waals surface area (Å²) in [5.41, 5.74) is 3.90. The van der Waals surface area contributed by atoms with Crippen molar-refractivity contribution in [1.82, 2.24) is 24.9 Å². The fourth-order valence-corrected chi connectivity index (χ4v) is 3.40. The molecule has 0 bridgehead atoms. The van der Waals surface area contributed by atoms with E-state index in [9.17, 15) is 4.79 Å². The Balaban J connectivity index is 1.58. The summed E-state index contributed by atoms with van der Waals surface area (Å²) in [7, 11) is 1.83. The van der Waals surface area contributed by atoms with Gasteiger partial charge in [-0.1, -0.05) is 5.16 Å². The van der Waals surface area contributed by atoms with Crippen LogP contribution in [0.4, 0.5) is 5.69 Å². The van der Waals surface area contributed by atoms with Gasteiger partial charge in [0.2, 0.25) is 0 Å². The van der Waals surface area contributed by atoms with Gasteiger partial charge in [-0.15, -0.1) is 0 Å². The van der Waals surface area contributed by atoms with E-state index in [1.165, 1.54) is 0 Å². The number of aryl methyl sites for hydroxylation is 3. The Hall–Kier alpha value is -4.01. The molecule has 0 fully saturated rings. The minimum atomic E-state index is -0.320. The van der Waals surface area contributed by atoms with Gasteiger partial charge in [0, 0.05) is 12.4 Å². The summed E-state index contributed by atoms with van der Waals surface area (Å²) in [6.45, 7) is 3.67. The maximum Gasteiger partial charge on any atom is 0.259 e. The van der Waals surface area contributed by atoms with Crippen molar-refractivity contribution in [2.75, 3.05) is 5.32 Å². The van der Waals surface area contributed by atoms with E-state index in [2.05, 4.69) is 25.5 Å². The van der Waals surface area contributed by atoms with Crippen LogP contribution in [0.25, 0.3) is 33.6 Å². The minimum Gasteiger partial charge on any atom is -0.463 e. The van der Waals surface area contributed by atoms with E-state index >= 15 is 0 Å². The first-order valence-corrected chi connectivity index (χ1v) is 8.93. The number of nitrogens with zero attached hydrogens (tertiary/aromatic N) is 5. The number of furan rings is 1. The van der Waals surface area contributed by atoms with Gasteiger partial charge in [-0.05, 0) is 38.1 Å². The van der Waals surface area contributed by atoms with Crippen LogP contribution in [0, 0.1) is 13.8 Å². The van der Waals surface area contributed by atoms with Gasteiger partial charge in [0.05, 0.1) is 40.5 Å². The van der Waals surface area contributed by atoms with Crippen LogP contribution in [-0.4, -0.2) is 30.8 Å². The second-order valence-electron chi connectivity index (χ2n) is 6.74. The first-order chi connectivity index (χ1) is 14.0. The molecule has 9 nitrogen and oxygen atoms in total. The molecule has 0 aliphatic heterocycles. The molecule has 29 heavy (non-hydrogen) atoms. The summed E-state index contributed by atoms with van der Waals surface area (Å²) in [6, 6.07) is 7.04. The summed E-state index contributed by atoms with van der Waals surface area (Å²) < 4.78 is 12.4. The lowest BCUT2D eigenvalue weighted by molar-refractivity contribution is 0.102. The van der Waals surface area contributed by atoms with Crippen molar-refractivity contribution in [1.29, 1.82) is 0 Å². The molecule has 0 spiro atoms. The first-order valence-electron chi connectivity index (χ1n) is 8.93. The maximum atomic E-state index is 13.1. The molecule has 0 atom stereocenters. The zero-order chi connectivity index (χ0) is 20.1. The Labute approximate surface area is 164 Å². The third-order valence-corrected chi connectivity index (χ3v) is 4.76. The number of carbonyl (C=O) groups excluding carboxylic acids is 1. The fourth-order valence-electron chi connectivity index (χ4n) is 3.40. The van der Waals surface area contributed by atoms with E-state index in [-0.39, 0.29) is 11.6 Å². The first kappa shape index (κ1) is 17.1. The number of rotatable bonds is 3. The molecule has 5 aromatic rings. The summed E-state index contributed by atoms with van der Waals surface area (Å²) in [4.78, 5) is 22.0. The predicted molar refractivity (Wildman–Crippen MR) is 105 cm³/mol. The molecule has 1 N–H and O–H groups in total. The molecule has 5 aromatic heterocycles. The van der Waals surface area contributed by atoms with Crippen LogP contribution in [0.1, 0.15) is 21.7 Å². The lowest BCUT2D eigenvalue weighted by Crippen LogP contribution is -2.13. The summed E-state index contributed by atoms with van der Waals surface area (Å²) >= 11 is 0. The van der Waals surface area contributed by atoms with Crippen molar-refractivity contribution in [3.8, 4) is 11.5 Å². The molecular weight excluding hydrogens is 372 g/mol. The largest absolute Gasteiger partial charge is 0.463 e. The molecule has 0 saturated carbocycles. The van der Waals surface area contributed by atoms with Gasteiger partial charge in [0.25, 0.3) is 11.6 Å². The number of amides is 1. The van der Waals surface area contributed by atoms with Gasteiger partial charge in [-0.25, -0.2) is 9.97 Å². The van der Waals surface area contributed by atoms with Gasteiger partial charge >= 0.3 is 0 Å². The van der Waals surface area contributed by atoms with Crippen LogP contribution < -0.4 is 5.32 Å². The molecule has 0 aromatic carbocycles. The molecule has 5 heterocycles. The molecule has 0 radical (unpaired) electrons. The molecule has 0 aliphatic carbocycles. The molecule has 0 unspecified atom stereocenters. The van der Waals surface area contributed by atoms with E-state index < -0.39 is 0 Å². The second kappa shape index (κ2) is 6.26. The van der Waals surface area contributed by atoms with Gasteiger partial charge in [0.15, 0.2) is 11.4 Å². The average molecular weight is 388 g/mol. The standard InChI is InChI=1S/C20H16N6O3/c1-10-13-7-12(9-21-18(13)26(3)24-10)22-19(27)14-8-15(16-5-4-6-28-16)23-20-17(14)11(2)25-29-20/h4-9H,1-3H3,(H,22,27). The van der Waals surface area contributed by atoms with Crippen LogP contribution in [-0.2, 0) is 7.05 Å². The highest BCUT2D eigenvalue weighted by Crippen LogP contribution is 2.28. The fraction of sp³-hybridized carbons (Fsp3) is 0.150. The molecule has 0 saturated heterocycles. The highest BCUT2D eigenvalue weighted by atomic mass is 16.5. The van der Waals surface area contributed by atoms with Gasteiger partial charge in [-0.3, -0.25) is 9.48 Å². The smallest absolute Gasteiger partial charge is 0.259 e. The van der Waals surface area contributed by atoms with Crippen molar-refractivity contribution < 1.29 is 13.7 Å². The van der Waals surface area contributed by atoms with Crippen LogP contribution in [0.3, 0.4) is 0 Å². The van der Waals surface area contributed by atoms with Crippen molar-refractivity contribution in [2.45, 2.75) is 13.8 Å². The van der Waals surface area contributed by atoms with Crippen molar-refractivity contribution in [3.05, 3.63) is 53.7 Å². The highest BCUT2D eigenvalue weighted by Gasteiger charge is 2.20. The lowest BCUT2D eigenvalue weighted by Gasteiger charge is -2.08. The van der Waals surface area contributed by atoms with E-state index in [1.54, 1.807) is 42.3 Å². The summed E-state index contributed by atoms with van der Waals surface area (Å²) in [5.74, 6) is 0.211. The predicted octanol–water partition coefficient (Wildman–Crippen LogP) is 3.63. The lowest BCUT2D eigenvalue weighted by atomic mass is 10.1. The van der Waals surface area contributed by atoms with Crippen molar-refractivity contribution in [2.24, 2.45) is 7.05 Å². The third-order valence-electron chi connectivity index (χ3n) is 4.76. The SMILES string of the molecule is Cc1nn(C)c2ncc(NC(=O)c3cc(-c4ccco4)nc4onc(C)c34)cc12. The average Bonchev–Trinajstić information content (AvgIpc) is 3.42. The van der Waals surface area contributed by atoms with E-state index in [0.717, 1.165) is 16.7 Å². The van der Waals surface area contributed by atoms with E-state index in [1.807, 2.05) is 20.0 Å². The Morgan fingerprint density at radius 3 is 2.86 bits per heavy atom. The summed E-state index contributed by atoms with van der Waals surface area (Å²) in [6.07, 6.45) is 3.15. The zero-order valence-electron chi connectivity index (χ0n) is 15.9. The molecule has 1 amide bonds. The van der Waals surface area contributed by atoms with Crippen LogP contribution in [0.5, 0.6) is 0 Å². The van der Waals surface area contributed by atoms with Crippen LogP contribution in [0.15, 0.2) is 45.7 Å². The number of hydrogen-bond acceptors (Lipinski definition) is 7. The Morgan fingerprint density at radius 2 is 2.07 bits per heavy atom. The number of hydrogen-bond donors (Lipinski definition) is 1. The quantitative estimate of drug-likeness (QED) is 0.502. The van der Waals surface area contributed by atoms with Crippen molar-refractivity contribution >= 4 is 33.7 Å². The number of aromatic nitrogens is 5. The van der Waals surface area contributed by atoms with Gasteiger partial charge in [0.1, 0.15) is 5.69 Å². The van der Waals surface area contributed by atoms with Crippen molar-refractivity contribution in [3.63, 3.8) is 0 Å². The normalized spacial score (nSPS) is 11.4. The van der Waals surface area contributed by atoms with Gasteiger partial charge in [-0.2, -0.15) is 5.10 Å². The monoisotopic (exact) mass is 388 g/mol. The minimum absolute atomic E-state index is 0.276. The second-order valence-corrected chi connectivity index (χ2v) is 6.74. The molecular formula is C20H16N6O3. The number of nitrogens with one attached hydrogen (secondary N) is 1. The Bertz CT molecular complexity index is 1380. The van der Waals surface area contributed by atoms with Gasteiger partial charge < -0.3 is 14.3 Å². The topological polar surface area (TPSA) is 112 Å². The summed E-state index contributed by atoms with van der Waals surface area (Å²) in [5, 5.41) is 12.6. The zero-order valence-corrected chi connectivity index (χ0v) is 15.9. The Morgan fingerprint density at radius 1 is 1.21 bits per heavy atom. The number of anilines is 1. The molecule has 0 aliphatic rings. The number of carbonyl (C=O) groups is 1. The third kappa shape index (κ3) is 2.75. The molecule has 9 heteroatoms. The Kier molecular flexibility index (Phi) is 3.70. The van der Waals surface area contributed by atoms with E-state index in [0.29, 0.717) is 33.8 Å². The molecule has 5 rings (SSSR count).